The average Bonchev–Trinajstić information content (AvgIpc) is 2.01. The van der Waals surface area contributed by atoms with Gasteiger partial charge in [-0.25, -0.2) is 0 Å². The summed E-state index contributed by atoms with van der Waals surface area (Å²) in [7, 11) is 1.66. The molecular weight excluding hydrogens is 162 g/mol. The predicted molar refractivity (Wildman–Crippen MR) is 41.4 cm³/mol. The molecule has 0 radical (unpaired) electrons. The quantitative estimate of drug-likeness (QED) is 0.373. The minimum Gasteiger partial charge on any atom is -0.388 e. The predicted octanol–water partition coefficient (Wildman–Crippen LogP) is -1.97. The maximum absolute atomic E-state index is 9.43. The molecule has 0 aromatic rings. The van der Waals surface area contributed by atoms with Crippen LogP contribution in [0.5, 0.6) is 0 Å². The topological polar surface area (TPSA) is 82.0 Å². The summed E-state index contributed by atoms with van der Waals surface area (Å²) in [6.45, 7) is 1.72. The van der Waals surface area contributed by atoms with Crippen LogP contribution in [0.1, 0.15) is 6.92 Å². The highest BCUT2D eigenvalue weighted by atomic mass is 16.6. The zero-order valence-corrected chi connectivity index (χ0v) is 7.14. The van der Waals surface area contributed by atoms with Crippen LogP contribution >= 0.6 is 0 Å². The highest BCUT2D eigenvalue weighted by Gasteiger charge is 2.40. The van der Waals surface area contributed by atoms with E-state index in [4.69, 9.17) is 9.84 Å². The largest absolute Gasteiger partial charge is 0.388 e. The number of nitrogens with one attached hydrogen (secondary N) is 1. The van der Waals surface area contributed by atoms with Crippen LogP contribution in [0.2, 0.25) is 0 Å². The minimum atomic E-state index is -1.29. The molecule has 1 saturated heterocycles. The summed E-state index contributed by atoms with van der Waals surface area (Å²) in [5, 5.41) is 30.5. The molecule has 1 fully saturated rings. The third kappa shape index (κ3) is 1.60. The third-order valence-electron chi connectivity index (χ3n) is 2.20. The van der Waals surface area contributed by atoms with Gasteiger partial charge in [-0.2, -0.15) is 0 Å². The molecule has 0 unspecified atom stereocenters. The van der Waals surface area contributed by atoms with E-state index in [1.807, 2.05) is 0 Å². The van der Waals surface area contributed by atoms with Crippen molar-refractivity contribution in [3.05, 3.63) is 0 Å². The lowest BCUT2D eigenvalue weighted by Crippen LogP contribution is -2.60. The van der Waals surface area contributed by atoms with Gasteiger partial charge in [-0.1, -0.05) is 0 Å². The number of aliphatic hydroxyl groups is 3. The van der Waals surface area contributed by atoms with Crippen molar-refractivity contribution < 1.29 is 20.1 Å². The molecule has 0 aromatic carbocycles. The minimum absolute atomic E-state index is 0.316. The Morgan fingerprint density at radius 2 is 1.75 bits per heavy atom. The van der Waals surface area contributed by atoms with E-state index in [0.717, 1.165) is 0 Å². The number of hydrogen-bond donors (Lipinski definition) is 4. The highest BCUT2D eigenvalue weighted by molar-refractivity contribution is 4.90. The number of likely N-dealkylation sites (N-methyl/N-ethyl adjacent to an activating group) is 1. The van der Waals surface area contributed by atoms with Crippen molar-refractivity contribution in [2.75, 3.05) is 7.05 Å². The SMILES string of the molecule is CN[C@@H]1[C@H](O)[C@@H](O)[C@H](O)O[C@@H]1C. The molecule has 1 aliphatic rings. The molecule has 0 spiro atoms. The van der Waals surface area contributed by atoms with Crippen LogP contribution in [0.4, 0.5) is 0 Å². The van der Waals surface area contributed by atoms with Gasteiger partial charge in [0.05, 0.1) is 12.1 Å². The maximum Gasteiger partial charge on any atom is 0.183 e. The van der Waals surface area contributed by atoms with Crippen molar-refractivity contribution >= 4 is 0 Å². The fraction of sp³-hybridized carbons (Fsp3) is 1.00. The molecule has 1 rings (SSSR count). The molecular formula is C7H15NO4. The molecule has 0 aliphatic carbocycles. The van der Waals surface area contributed by atoms with E-state index >= 15 is 0 Å². The Labute approximate surface area is 71.0 Å². The van der Waals surface area contributed by atoms with Gasteiger partial charge in [0.2, 0.25) is 0 Å². The van der Waals surface area contributed by atoms with Gasteiger partial charge in [-0.15, -0.1) is 0 Å². The first-order chi connectivity index (χ1) is 5.57. The summed E-state index contributed by atoms with van der Waals surface area (Å²) in [6, 6.07) is -0.344. The zero-order chi connectivity index (χ0) is 9.30. The Morgan fingerprint density at radius 3 is 2.25 bits per heavy atom. The van der Waals surface area contributed by atoms with E-state index in [0.29, 0.717) is 0 Å². The Balaban J connectivity index is 2.65. The van der Waals surface area contributed by atoms with Crippen LogP contribution in [0, 0.1) is 0 Å². The van der Waals surface area contributed by atoms with E-state index < -0.39 is 18.5 Å². The molecule has 5 heteroatoms. The van der Waals surface area contributed by atoms with Crippen LogP contribution in [0.3, 0.4) is 0 Å². The lowest BCUT2D eigenvalue weighted by Gasteiger charge is -2.39. The molecule has 0 amide bonds. The second-order valence-electron chi connectivity index (χ2n) is 3.03. The Bertz CT molecular complexity index is 154. The van der Waals surface area contributed by atoms with Gasteiger partial charge in [0.15, 0.2) is 6.29 Å². The molecule has 0 saturated carbocycles. The Kier molecular flexibility index (Phi) is 3.03. The Hall–Kier alpha value is -0.200. The Morgan fingerprint density at radius 1 is 1.17 bits per heavy atom. The molecule has 12 heavy (non-hydrogen) atoms. The lowest BCUT2D eigenvalue weighted by molar-refractivity contribution is -0.252. The van der Waals surface area contributed by atoms with Crippen molar-refractivity contribution in [1.82, 2.24) is 5.32 Å². The number of rotatable bonds is 1. The van der Waals surface area contributed by atoms with Crippen molar-refractivity contribution in [1.29, 1.82) is 0 Å². The number of hydrogen-bond acceptors (Lipinski definition) is 5. The highest BCUT2D eigenvalue weighted by Crippen LogP contribution is 2.18. The van der Waals surface area contributed by atoms with Crippen LogP contribution in [0.15, 0.2) is 0 Å². The van der Waals surface area contributed by atoms with Gasteiger partial charge in [0.25, 0.3) is 0 Å². The lowest BCUT2D eigenvalue weighted by atomic mass is 9.97. The second-order valence-corrected chi connectivity index (χ2v) is 3.03. The summed E-state index contributed by atoms with van der Waals surface area (Å²) in [5.74, 6) is 0. The van der Waals surface area contributed by atoms with E-state index in [2.05, 4.69) is 5.32 Å². The van der Waals surface area contributed by atoms with Crippen molar-refractivity contribution in [3.8, 4) is 0 Å². The molecule has 72 valence electrons. The van der Waals surface area contributed by atoms with Gasteiger partial charge in [-0.05, 0) is 14.0 Å². The van der Waals surface area contributed by atoms with E-state index in [-0.39, 0.29) is 12.1 Å². The van der Waals surface area contributed by atoms with Crippen molar-refractivity contribution in [2.24, 2.45) is 0 Å². The van der Waals surface area contributed by atoms with Gasteiger partial charge >= 0.3 is 0 Å². The standard InChI is InChI=1S/C7H15NO4/c1-3-4(8-2)5(9)6(10)7(11)12-3/h3-11H,1-2H3/t3-,4+,5+,6-,7-/m1/s1. The van der Waals surface area contributed by atoms with Crippen LogP contribution < -0.4 is 5.32 Å². The molecule has 5 atom stereocenters. The summed E-state index contributed by atoms with van der Waals surface area (Å²) in [5.41, 5.74) is 0. The first-order valence-corrected chi connectivity index (χ1v) is 3.95. The molecule has 0 bridgehead atoms. The number of aliphatic hydroxyl groups excluding tert-OH is 3. The fourth-order valence-corrected chi connectivity index (χ4v) is 1.45. The van der Waals surface area contributed by atoms with Crippen molar-refractivity contribution in [2.45, 2.75) is 37.6 Å². The summed E-state index contributed by atoms with van der Waals surface area (Å²) in [4.78, 5) is 0. The number of ether oxygens (including phenoxy) is 1. The van der Waals surface area contributed by atoms with Crippen LogP contribution in [-0.4, -0.2) is 53.0 Å². The van der Waals surface area contributed by atoms with E-state index in [1.165, 1.54) is 0 Å². The van der Waals surface area contributed by atoms with Crippen LogP contribution in [-0.2, 0) is 4.74 Å². The smallest absolute Gasteiger partial charge is 0.183 e. The van der Waals surface area contributed by atoms with Gasteiger partial charge in [-0.3, -0.25) is 0 Å². The summed E-state index contributed by atoms with van der Waals surface area (Å²) >= 11 is 0. The molecule has 4 N–H and O–H groups in total. The average molecular weight is 177 g/mol. The fourth-order valence-electron chi connectivity index (χ4n) is 1.45. The molecule has 1 aliphatic heterocycles. The molecule has 5 nitrogen and oxygen atoms in total. The first kappa shape index (κ1) is 9.88. The second kappa shape index (κ2) is 3.68. The first-order valence-electron chi connectivity index (χ1n) is 3.95. The van der Waals surface area contributed by atoms with Gasteiger partial charge in [0.1, 0.15) is 12.2 Å². The normalized spacial score (nSPS) is 49.2. The zero-order valence-electron chi connectivity index (χ0n) is 7.14. The maximum atomic E-state index is 9.43. The van der Waals surface area contributed by atoms with E-state index in [1.54, 1.807) is 14.0 Å². The third-order valence-corrected chi connectivity index (χ3v) is 2.20. The molecule has 0 aromatic heterocycles. The van der Waals surface area contributed by atoms with Gasteiger partial charge in [0, 0.05) is 0 Å². The monoisotopic (exact) mass is 177 g/mol. The summed E-state index contributed by atoms with van der Waals surface area (Å²) in [6.07, 6.45) is -3.84. The summed E-state index contributed by atoms with van der Waals surface area (Å²) < 4.78 is 4.96. The van der Waals surface area contributed by atoms with E-state index in [9.17, 15) is 10.2 Å². The molecule has 1 heterocycles. The van der Waals surface area contributed by atoms with Gasteiger partial charge < -0.3 is 25.4 Å². The van der Waals surface area contributed by atoms with Crippen molar-refractivity contribution in [3.63, 3.8) is 0 Å². The van der Waals surface area contributed by atoms with Crippen LogP contribution in [0.25, 0.3) is 0 Å².